The number of rotatable bonds is 11. The largest absolute Gasteiger partial charge is 0.490 e. The van der Waals surface area contributed by atoms with Crippen LogP contribution in [0, 0.1) is 11.3 Å². The molecule has 14 nitrogen and oxygen atoms in total. The van der Waals surface area contributed by atoms with E-state index in [2.05, 4.69) is 10.6 Å². The number of alkyl halides is 3. The molecule has 0 heterocycles. The van der Waals surface area contributed by atoms with Crippen LogP contribution >= 0.6 is 0 Å². The fourth-order valence-electron chi connectivity index (χ4n) is 2.69. The van der Waals surface area contributed by atoms with Gasteiger partial charge in [0.15, 0.2) is 0 Å². The van der Waals surface area contributed by atoms with Crippen molar-refractivity contribution < 1.29 is 57.3 Å². The molecule has 0 saturated carbocycles. The van der Waals surface area contributed by atoms with Gasteiger partial charge >= 0.3 is 24.1 Å². The first-order valence-electron chi connectivity index (χ1n) is 10.8. The summed E-state index contributed by atoms with van der Waals surface area (Å²) in [4.78, 5) is 69.6. The SMILES string of the molecule is CC(C)[C@H](NC(=O)[C@H](CC(=O)O)NC(=O)CN(C)C(=O)c1ccc(C(=N)N)cc1)C(=O)O.O=C(O)C(F)(F)F. The quantitative estimate of drug-likeness (QED) is 0.139. The maximum atomic E-state index is 12.5. The van der Waals surface area contributed by atoms with Gasteiger partial charge in [-0.15, -0.1) is 0 Å². The normalized spacial score (nSPS) is 12.2. The minimum absolute atomic E-state index is 0.165. The third kappa shape index (κ3) is 12.4. The number of nitrogens with zero attached hydrogens (tertiary/aromatic N) is 1. The fourth-order valence-corrected chi connectivity index (χ4v) is 2.69. The number of nitrogens with one attached hydrogen (secondary N) is 3. The van der Waals surface area contributed by atoms with Crippen molar-refractivity contribution in [2.24, 2.45) is 11.7 Å². The fraction of sp³-hybridized carbons (Fsp3) is 0.409. The summed E-state index contributed by atoms with van der Waals surface area (Å²) in [5.41, 5.74) is 6.01. The van der Waals surface area contributed by atoms with Crippen molar-refractivity contribution >= 4 is 41.5 Å². The van der Waals surface area contributed by atoms with E-state index in [0.29, 0.717) is 5.56 Å². The average Bonchev–Trinajstić information content (AvgIpc) is 2.80. The van der Waals surface area contributed by atoms with Gasteiger partial charge in [-0.05, 0) is 18.1 Å². The summed E-state index contributed by atoms with van der Waals surface area (Å²) in [7, 11) is 1.34. The summed E-state index contributed by atoms with van der Waals surface area (Å²) in [6.07, 6.45) is -5.85. The summed E-state index contributed by atoms with van der Waals surface area (Å²) < 4.78 is 31.7. The van der Waals surface area contributed by atoms with Gasteiger partial charge in [0, 0.05) is 18.2 Å². The summed E-state index contributed by atoms with van der Waals surface area (Å²) in [5, 5.41) is 37.2. The van der Waals surface area contributed by atoms with E-state index in [9.17, 15) is 42.3 Å². The molecule has 1 aromatic rings. The number of carboxylic acids is 3. The van der Waals surface area contributed by atoms with Crippen LogP contribution < -0.4 is 16.4 Å². The summed E-state index contributed by atoms with van der Waals surface area (Å²) in [6.45, 7) is 2.64. The number of aliphatic carboxylic acids is 3. The molecule has 8 N–H and O–H groups in total. The smallest absolute Gasteiger partial charge is 0.481 e. The molecule has 3 amide bonds. The second-order valence-corrected chi connectivity index (χ2v) is 8.24. The Morgan fingerprint density at radius 1 is 0.974 bits per heavy atom. The number of halogens is 3. The number of nitrogen functional groups attached to an aromatic ring is 1. The number of likely N-dealkylation sites (N-methyl/N-ethyl adjacent to an activating group) is 1. The van der Waals surface area contributed by atoms with Crippen molar-refractivity contribution in [3.63, 3.8) is 0 Å². The first-order valence-corrected chi connectivity index (χ1v) is 10.8. The lowest BCUT2D eigenvalue weighted by atomic mass is 10.0. The average molecular weight is 563 g/mol. The first-order chi connectivity index (χ1) is 17.8. The molecule has 0 aliphatic heterocycles. The molecule has 216 valence electrons. The predicted molar refractivity (Wildman–Crippen MR) is 127 cm³/mol. The van der Waals surface area contributed by atoms with E-state index < -0.39 is 72.8 Å². The zero-order valence-corrected chi connectivity index (χ0v) is 20.9. The number of nitrogens with two attached hydrogens (primary N) is 1. The topological polar surface area (TPSA) is 240 Å². The van der Waals surface area contributed by atoms with Crippen molar-refractivity contribution in [2.75, 3.05) is 13.6 Å². The number of carbonyl (C=O) groups excluding carboxylic acids is 3. The number of hydrogen-bond donors (Lipinski definition) is 7. The standard InChI is InChI=1S/C20H27N5O7.C2HF3O2/c1-10(2)16(20(31)32)24-18(29)13(8-15(27)28)23-14(26)9-25(3)19(30)12-6-4-11(5-7-12)17(21)22;3-2(4,5)1(6)7/h4-7,10,13,16H,8-9H2,1-3H3,(H3,21,22)(H,23,26)(H,24,29)(H,27,28)(H,31,32);(H,6,7)/t13-,16-;/m0./s1. The highest BCUT2D eigenvalue weighted by atomic mass is 19.4. The van der Waals surface area contributed by atoms with Crippen LogP contribution in [0.1, 0.15) is 36.2 Å². The molecule has 17 heteroatoms. The zero-order chi connectivity index (χ0) is 30.7. The van der Waals surface area contributed by atoms with Gasteiger partial charge in [-0.25, -0.2) is 9.59 Å². The van der Waals surface area contributed by atoms with Crippen LogP contribution in [-0.4, -0.2) is 93.5 Å². The number of carbonyl (C=O) groups is 6. The molecule has 0 aliphatic carbocycles. The third-order valence-electron chi connectivity index (χ3n) is 4.67. The summed E-state index contributed by atoms with van der Waals surface area (Å²) in [6, 6.07) is 3.03. The number of carboxylic acid groups (broad SMARTS) is 3. The summed E-state index contributed by atoms with van der Waals surface area (Å²) >= 11 is 0. The first kappa shape index (κ1) is 34.3. The van der Waals surface area contributed by atoms with Crippen LogP contribution in [0.15, 0.2) is 24.3 Å². The van der Waals surface area contributed by atoms with Gasteiger partial charge in [0.2, 0.25) is 11.8 Å². The Bertz CT molecular complexity index is 1090. The van der Waals surface area contributed by atoms with Crippen molar-refractivity contribution in [1.82, 2.24) is 15.5 Å². The van der Waals surface area contributed by atoms with Crippen LogP contribution in [0.25, 0.3) is 0 Å². The Morgan fingerprint density at radius 3 is 1.79 bits per heavy atom. The molecule has 0 aromatic heterocycles. The van der Waals surface area contributed by atoms with Gasteiger partial charge in [0.25, 0.3) is 5.91 Å². The molecule has 0 bridgehead atoms. The second-order valence-electron chi connectivity index (χ2n) is 8.24. The molecule has 0 spiro atoms. The van der Waals surface area contributed by atoms with E-state index in [1.807, 2.05) is 0 Å². The van der Waals surface area contributed by atoms with E-state index in [0.717, 1.165) is 4.90 Å². The van der Waals surface area contributed by atoms with Crippen LogP contribution in [0.5, 0.6) is 0 Å². The van der Waals surface area contributed by atoms with Gasteiger partial charge in [-0.1, -0.05) is 26.0 Å². The minimum Gasteiger partial charge on any atom is -0.481 e. The Morgan fingerprint density at radius 2 is 1.44 bits per heavy atom. The van der Waals surface area contributed by atoms with E-state index in [-0.39, 0.29) is 11.4 Å². The van der Waals surface area contributed by atoms with Crippen molar-refractivity contribution in [1.29, 1.82) is 5.41 Å². The minimum atomic E-state index is -5.08. The lowest BCUT2D eigenvalue weighted by Gasteiger charge is -2.23. The zero-order valence-electron chi connectivity index (χ0n) is 20.9. The van der Waals surface area contributed by atoms with E-state index in [4.69, 9.17) is 26.2 Å². The third-order valence-corrected chi connectivity index (χ3v) is 4.67. The van der Waals surface area contributed by atoms with Crippen LogP contribution in [0.4, 0.5) is 13.2 Å². The number of hydrogen-bond acceptors (Lipinski definition) is 7. The van der Waals surface area contributed by atoms with Gasteiger partial charge in [-0.3, -0.25) is 24.6 Å². The van der Waals surface area contributed by atoms with Crippen LogP contribution in [0.3, 0.4) is 0 Å². The van der Waals surface area contributed by atoms with E-state index in [1.165, 1.54) is 31.3 Å². The molecular weight excluding hydrogens is 535 g/mol. The molecule has 39 heavy (non-hydrogen) atoms. The highest BCUT2D eigenvalue weighted by Crippen LogP contribution is 2.13. The van der Waals surface area contributed by atoms with Gasteiger partial charge in [0.1, 0.15) is 17.9 Å². The number of amides is 3. The monoisotopic (exact) mass is 563 g/mol. The highest BCUT2D eigenvalue weighted by Gasteiger charge is 2.38. The Hall–Kier alpha value is -4.70. The lowest BCUT2D eigenvalue weighted by Crippen LogP contribution is -2.54. The molecule has 1 aromatic carbocycles. The van der Waals surface area contributed by atoms with E-state index >= 15 is 0 Å². The molecular formula is C22H28F3N5O9. The molecule has 0 radical (unpaired) electrons. The number of benzene rings is 1. The van der Waals surface area contributed by atoms with Crippen LogP contribution in [0.2, 0.25) is 0 Å². The van der Waals surface area contributed by atoms with Crippen molar-refractivity contribution in [3.8, 4) is 0 Å². The van der Waals surface area contributed by atoms with Crippen molar-refractivity contribution in [2.45, 2.75) is 38.5 Å². The van der Waals surface area contributed by atoms with Crippen molar-refractivity contribution in [3.05, 3.63) is 35.4 Å². The van der Waals surface area contributed by atoms with Gasteiger partial charge < -0.3 is 36.6 Å². The van der Waals surface area contributed by atoms with Gasteiger partial charge in [-0.2, -0.15) is 13.2 Å². The lowest BCUT2D eigenvalue weighted by molar-refractivity contribution is -0.192. The predicted octanol–water partition coefficient (Wildman–Crippen LogP) is -0.139. The molecule has 0 aliphatic rings. The van der Waals surface area contributed by atoms with E-state index in [1.54, 1.807) is 13.8 Å². The Balaban J connectivity index is 0.00000181. The molecule has 2 atom stereocenters. The molecule has 0 fully saturated rings. The highest BCUT2D eigenvalue weighted by molar-refractivity contribution is 5.99. The number of amidine groups is 1. The maximum Gasteiger partial charge on any atom is 0.490 e. The molecule has 1 rings (SSSR count). The molecule has 0 saturated heterocycles. The maximum absolute atomic E-state index is 12.5. The van der Waals surface area contributed by atoms with Gasteiger partial charge in [0.05, 0.1) is 13.0 Å². The molecule has 0 unspecified atom stereocenters. The second kappa shape index (κ2) is 14.9. The summed E-state index contributed by atoms with van der Waals surface area (Å²) in [5.74, 6) is -8.37. The Labute approximate surface area is 219 Å². The Kier molecular flexibility index (Phi) is 13.1. The van der Waals surface area contributed by atoms with Crippen LogP contribution in [-0.2, 0) is 24.0 Å².